The van der Waals surface area contributed by atoms with Crippen molar-refractivity contribution in [1.29, 1.82) is 0 Å². The highest BCUT2D eigenvalue weighted by Crippen LogP contribution is 2.26. The van der Waals surface area contributed by atoms with Crippen LogP contribution in [0.25, 0.3) is 0 Å². The van der Waals surface area contributed by atoms with Crippen molar-refractivity contribution in [3.63, 3.8) is 0 Å². The van der Waals surface area contributed by atoms with E-state index in [0.29, 0.717) is 11.3 Å². The van der Waals surface area contributed by atoms with Crippen LogP contribution in [-0.2, 0) is 0 Å². The average molecular weight is 424 g/mol. The van der Waals surface area contributed by atoms with E-state index in [4.69, 9.17) is 0 Å². The summed E-state index contributed by atoms with van der Waals surface area (Å²) in [6.07, 6.45) is 2.25. The van der Waals surface area contributed by atoms with Crippen molar-refractivity contribution in [2.75, 3.05) is 23.3 Å². The summed E-state index contributed by atoms with van der Waals surface area (Å²) in [7, 11) is 0. The summed E-state index contributed by atoms with van der Waals surface area (Å²) in [6, 6.07) is 10.3. The molecule has 1 N–H and O–H groups in total. The number of hydrogen-bond acceptors (Lipinski definition) is 2. The van der Waals surface area contributed by atoms with Crippen LogP contribution in [0, 0.1) is 16.3 Å². The fourth-order valence-corrected chi connectivity index (χ4v) is 3.43. The first-order valence-electron chi connectivity index (χ1n) is 7.66. The molecule has 5 heteroatoms. The summed E-state index contributed by atoms with van der Waals surface area (Å²) in [4.78, 5) is 14.6. The summed E-state index contributed by atoms with van der Waals surface area (Å²) in [5, 5.41) is 2.82. The van der Waals surface area contributed by atoms with Crippen LogP contribution in [0.5, 0.6) is 0 Å². The van der Waals surface area contributed by atoms with E-state index in [9.17, 15) is 9.18 Å². The standard InChI is InChI=1S/C18H18FIN2O/c1-12-5-4-6-16(17(12)20)18(23)21-14-9-13(19)10-15(11-14)22-7-2-3-8-22/h4-6,9-11H,2-3,7-8H2,1H3,(H,21,23). The molecule has 0 aromatic heterocycles. The van der Waals surface area contributed by atoms with Gasteiger partial charge in [0.25, 0.3) is 5.91 Å². The van der Waals surface area contributed by atoms with Crippen molar-refractivity contribution in [1.82, 2.24) is 0 Å². The third kappa shape index (κ3) is 3.65. The second-order valence-corrected chi connectivity index (χ2v) is 6.86. The number of anilines is 2. The van der Waals surface area contributed by atoms with E-state index < -0.39 is 0 Å². The van der Waals surface area contributed by atoms with Crippen molar-refractivity contribution in [2.45, 2.75) is 19.8 Å². The number of nitrogens with one attached hydrogen (secondary N) is 1. The molecule has 1 aliphatic heterocycles. The quantitative estimate of drug-likeness (QED) is 0.732. The molecule has 23 heavy (non-hydrogen) atoms. The molecule has 1 saturated heterocycles. The Morgan fingerprint density at radius 2 is 1.96 bits per heavy atom. The van der Waals surface area contributed by atoms with E-state index >= 15 is 0 Å². The summed E-state index contributed by atoms with van der Waals surface area (Å²) < 4.78 is 14.8. The molecule has 3 rings (SSSR count). The molecule has 2 aromatic carbocycles. The Morgan fingerprint density at radius 3 is 2.70 bits per heavy atom. The maximum atomic E-state index is 13.9. The number of halogens is 2. The van der Waals surface area contributed by atoms with E-state index in [0.717, 1.165) is 40.8 Å². The molecular formula is C18H18FIN2O. The minimum absolute atomic E-state index is 0.212. The summed E-state index contributed by atoms with van der Waals surface area (Å²) in [6.45, 7) is 3.84. The van der Waals surface area contributed by atoms with Crippen molar-refractivity contribution in [2.24, 2.45) is 0 Å². The number of carbonyl (C=O) groups excluding carboxylic acids is 1. The van der Waals surface area contributed by atoms with Crippen LogP contribution in [-0.4, -0.2) is 19.0 Å². The molecule has 1 fully saturated rings. The molecule has 1 aliphatic rings. The van der Waals surface area contributed by atoms with Crippen LogP contribution in [0.15, 0.2) is 36.4 Å². The Morgan fingerprint density at radius 1 is 1.22 bits per heavy atom. The fraction of sp³-hybridized carbons (Fsp3) is 0.278. The summed E-state index contributed by atoms with van der Waals surface area (Å²) in [5.74, 6) is -0.542. The first-order valence-corrected chi connectivity index (χ1v) is 8.74. The zero-order valence-corrected chi connectivity index (χ0v) is 15.1. The predicted octanol–water partition coefficient (Wildman–Crippen LogP) is 4.59. The lowest BCUT2D eigenvalue weighted by Gasteiger charge is -2.19. The third-order valence-corrected chi connectivity index (χ3v) is 5.48. The van der Waals surface area contributed by atoms with E-state index in [1.807, 2.05) is 25.1 Å². The van der Waals surface area contributed by atoms with E-state index in [1.165, 1.54) is 12.1 Å². The smallest absolute Gasteiger partial charge is 0.256 e. The normalized spacial score (nSPS) is 14.1. The molecule has 0 radical (unpaired) electrons. The minimum atomic E-state index is -0.330. The second kappa shape index (κ2) is 6.86. The van der Waals surface area contributed by atoms with Gasteiger partial charge in [-0.1, -0.05) is 12.1 Å². The van der Waals surface area contributed by atoms with Gasteiger partial charge >= 0.3 is 0 Å². The molecule has 0 aliphatic carbocycles. The molecule has 3 nitrogen and oxygen atoms in total. The molecule has 0 saturated carbocycles. The first kappa shape index (κ1) is 16.2. The van der Waals surface area contributed by atoms with Gasteiger partial charge in [0.1, 0.15) is 5.82 Å². The molecule has 1 heterocycles. The topological polar surface area (TPSA) is 32.3 Å². The van der Waals surface area contributed by atoms with Crippen molar-refractivity contribution >= 4 is 39.9 Å². The Balaban J connectivity index is 1.84. The Bertz CT molecular complexity index is 742. The van der Waals surface area contributed by atoms with Gasteiger partial charge in [-0.2, -0.15) is 0 Å². The number of benzene rings is 2. The highest BCUT2D eigenvalue weighted by atomic mass is 127. The Kier molecular flexibility index (Phi) is 4.84. The highest BCUT2D eigenvalue weighted by Gasteiger charge is 2.16. The van der Waals surface area contributed by atoms with Crippen LogP contribution in [0.1, 0.15) is 28.8 Å². The third-order valence-electron chi connectivity index (χ3n) is 4.05. The second-order valence-electron chi connectivity index (χ2n) is 5.78. The highest BCUT2D eigenvalue weighted by molar-refractivity contribution is 14.1. The molecule has 1 amide bonds. The number of nitrogens with zero attached hydrogens (tertiary/aromatic N) is 1. The maximum Gasteiger partial charge on any atom is 0.256 e. The molecule has 0 bridgehead atoms. The lowest BCUT2D eigenvalue weighted by molar-refractivity contribution is 0.102. The molecule has 0 atom stereocenters. The lowest BCUT2D eigenvalue weighted by atomic mass is 10.1. The van der Waals surface area contributed by atoms with Crippen molar-refractivity contribution in [3.8, 4) is 0 Å². The largest absolute Gasteiger partial charge is 0.371 e. The molecule has 0 spiro atoms. The molecule has 2 aromatic rings. The average Bonchev–Trinajstić information content (AvgIpc) is 3.03. The number of aryl methyl sites for hydroxylation is 1. The minimum Gasteiger partial charge on any atom is -0.371 e. The Hall–Kier alpha value is -1.63. The van der Waals surface area contributed by atoms with Gasteiger partial charge in [-0.05, 0) is 72.2 Å². The first-order chi connectivity index (χ1) is 11.0. The van der Waals surface area contributed by atoms with Gasteiger partial charge in [0.15, 0.2) is 0 Å². The van der Waals surface area contributed by atoms with Crippen molar-refractivity contribution < 1.29 is 9.18 Å². The van der Waals surface area contributed by atoms with Gasteiger partial charge in [-0.15, -0.1) is 0 Å². The van der Waals surface area contributed by atoms with Gasteiger partial charge in [0.05, 0.1) is 5.56 Å². The zero-order valence-electron chi connectivity index (χ0n) is 12.9. The van der Waals surface area contributed by atoms with Crippen LogP contribution in [0.3, 0.4) is 0 Å². The maximum absolute atomic E-state index is 13.9. The molecule has 0 unspecified atom stereocenters. The van der Waals surface area contributed by atoms with Crippen LogP contribution in [0.2, 0.25) is 0 Å². The zero-order chi connectivity index (χ0) is 16.4. The van der Waals surface area contributed by atoms with Crippen LogP contribution >= 0.6 is 22.6 Å². The Labute approximate surface area is 149 Å². The number of rotatable bonds is 3. The molecular weight excluding hydrogens is 406 g/mol. The predicted molar refractivity (Wildman–Crippen MR) is 99.7 cm³/mol. The number of amides is 1. The van der Waals surface area contributed by atoms with Gasteiger partial charge < -0.3 is 10.2 Å². The monoisotopic (exact) mass is 424 g/mol. The summed E-state index contributed by atoms with van der Waals surface area (Å²) >= 11 is 2.16. The van der Waals surface area contributed by atoms with Gasteiger partial charge in [-0.3, -0.25) is 4.79 Å². The van der Waals surface area contributed by atoms with E-state index in [2.05, 4.69) is 32.8 Å². The molecule has 120 valence electrons. The van der Waals surface area contributed by atoms with Gasteiger partial charge in [0, 0.05) is 28.0 Å². The van der Waals surface area contributed by atoms with Crippen LogP contribution < -0.4 is 10.2 Å². The van der Waals surface area contributed by atoms with Gasteiger partial charge in [0.2, 0.25) is 0 Å². The van der Waals surface area contributed by atoms with E-state index in [1.54, 1.807) is 6.07 Å². The van der Waals surface area contributed by atoms with Crippen LogP contribution in [0.4, 0.5) is 15.8 Å². The number of carbonyl (C=O) groups is 1. The van der Waals surface area contributed by atoms with E-state index in [-0.39, 0.29) is 11.7 Å². The van der Waals surface area contributed by atoms with Crippen molar-refractivity contribution in [3.05, 3.63) is 56.9 Å². The van der Waals surface area contributed by atoms with Gasteiger partial charge in [-0.25, -0.2) is 4.39 Å². The number of hydrogen-bond donors (Lipinski definition) is 1. The summed E-state index contributed by atoms with van der Waals surface area (Å²) in [5.41, 5.74) is 2.98. The SMILES string of the molecule is Cc1cccc(C(=O)Nc2cc(F)cc(N3CCCC3)c2)c1I. The fourth-order valence-electron chi connectivity index (χ4n) is 2.83. The lowest BCUT2D eigenvalue weighted by Crippen LogP contribution is -2.19.